The van der Waals surface area contributed by atoms with Gasteiger partial charge >= 0.3 is 0 Å². The molecule has 0 amide bonds. The molecule has 3 nitrogen and oxygen atoms in total. The summed E-state index contributed by atoms with van der Waals surface area (Å²) in [6, 6.07) is 54.0. The van der Waals surface area contributed by atoms with Gasteiger partial charge < -0.3 is 0 Å². The first-order valence-electron chi connectivity index (χ1n) is 17.8. The monoisotopic (exact) mass is 726 g/mol. The number of pyridine rings is 2. The minimum Gasteiger partial charge on any atom is -0.291 e. The summed E-state index contributed by atoms with van der Waals surface area (Å²) < 4.78 is 2.38. The lowest BCUT2D eigenvalue weighted by molar-refractivity contribution is 1.31. The zero-order valence-corrected chi connectivity index (χ0v) is 31.2. The molecule has 0 aliphatic carbocycles. The Morgan fingerprint density at radius 1 is 0.585 bits per heavy atom. The number of para-hydroxylation sites is 2. The summed E-state index contributed by atoms with van der Waals surface area (Å²) in [5, 5.41) is 13.4. The Morgan fingerprint density at radius 3 is 2.09 bits per heavy atom. The number of nitrogens with zero attached hydrogens (tertiary/aromatic N) is 3. The van der Waals surface area contributed by atoms with E-state index in [1.807, 2.05) is 6.20 Å². The van der Waals surface area contributed by atoms with Crippen LogP contribution in [0.3, 0.4) is 0 Å². The minimum atomic E-state index is -2.49. The molecule has 11 rings (SSSR count). The molecule has 0 fully saturated rings. The Hall–Kier alpha value is -5.84. The van der Waals surface area contributed by atoms with Crippen molar-refractivity contribution < 1.29 is 0 Å². The van der Waals surface area contributed by atoms with Crippen LogP contribution in [0.1, 0.15) is 11.3 Å². The maximum absolute atomic E-state index is 6.93. The standard InChI is InChI=1S/C47H29N3PSSi/c52-51(33-13-2-1-3-14-33,44-27-30-12-4-5-15-35(30)36-16-6-8-18-38(36)44)34-23-25-41(48-28-34)32-26-31-22-24-39-37-17-7-9-19-40(37)47-49-42-20-10-11-21-43(42)50(47)45(39)46(31)53-29-32/h1-29H. The molecule has 6 heteroatoms. The van der Waals surface area contributed by atoms with E-state index in [1.54, 1.807) is 0 Å². The number of benzene rings is 7. The van der Waals surface area contributed by atoms with Crippen LogP contribution in [0.25, 0.3) is 71.5 Å². The van der Waals surface area contributed by atoms with Gasteiger partial charge in [0, 0.05) is 33.6 Å². The fourth-order valence-corrected chi connectivity index (χ4v) is 13.5. The quantitative estimate of drug-likeness (QED) is 0.103. The number of rotatable bonds is 4. The molecule has 1 radical (unpaired) electrons. The van der Waals surface area contributed by atoms with Gasteiger partial charge in [0.25, 0.3) is 0 Å². The summed E-state index contributed by atoms with van der Waals surface area (Å²) in [7, 11) is 0.476. The van der Waals surface area contributed by atoms with Crippen LogP contribution in [0.2, 0.25) is 0 Å². The molecule has 1 atom stereocenters. The van der Waals surface area contributed by atoms with Crippen LogP contribution in [0.5, 0.6) is 0 Å². The summed E-state index contributed by atoms with van der Waals surface area (Å²) in [6.07, 6.45) is 4.35. The van der Waals surface area contributed by atoms with Gasteiger partial charge in [-0.2, -0.15) is 0 Å². The highest BCUT2D eigenvalue weighted by atomic mass is 32.4. The van der Waals surface area contributed by atoms with E-state index in [1.165, 1.54) is 64.6 Å². The largest absolute Gasteiger partial charge is 0.291 e. The van der Waals surface area contributed by atoms with Gasteiger partial charge in [-0.25, -0.2) is 4.98 Å². The molecule has 0 saturated heterocycles. The van der Waals surface area contributed by atoms with E-state index >= 15 is 0 Å². The first-order valence-corrected chi connectivity index (χ1v) is 21.6. The molecule has 0 saturated carbocycles. The number of imidazole rings is 1. The van der Waals surface area contributed by atoms with Gasteiger partial charge in [-0.3, -0.25) is 9.38 Å². The lowest BCUT2D eigenvalue weighted by atomic mass is 10.0. The van der Waals surface area contributed by atoms with Crippen LogP contribution in [0.15, 0.2) is 164 Å². The molecule has 4 heterocycles. The second-order valence-corrected chi connectivity index (χ2v) is 19.1. The van der Waals surface area contributed by atoms with Gasteiger partial charge in [0.15, 0.2) is 0 Å². The molecule has 10 aromatic rings. The molecule has 0 N–H and O–H groups in total. The van der Waals surface area contributed by atoms with E-state index < -0.39 is 6.04 Å². The van der Waals surface area contributed by atoms with E-state index in [0.717, 1.165) is 33.3 Å². The van der Waals surface area contributed by atoms with E-state index in [4.69, 9.17) is 21.8 Å². The smallest absolute Gasteiger partial charge is 0.146 e. The van der Waals surface area contributed by atoms with Crippen molar-refractivity contribution in [3.05, 3.63) is 175 Å². The van der Waals surface area contributed by atoms with Gasteiger partial charge in [0.2, 0.25) is 0 Å². The van der Waals surface area contributed by atoms with Crippen LogP contribution in [-0.2, 0) is 11.8 Å². The highest BCUT2D eigenvalue weighted by Crippen LogP contribution is 2.46. The summed E-state index contributed by atoms with van der Waals surface area (Å²) in [4.78, 5) is 10.3. The third kappa shape index (κ3) is 4.58. The molecular formula is C47H29N3PSSi. The van der Waals surface area contributed by atoms with Crippen molar-refractivity contribution in [3.8, 4) is 0 Å². The molecular weight excluding hydrogens is 698 g/mol. The molecule has 3 aromatic heterocycles. The Labute approximate surface area is 313 Å². The average Bonchev–Trinajstić information content (AvgIpc) is 3.63. The van der Waals surface area contributed by atoms with E-state index in [-0.39, 0.29) is 0 Å². The highest BCUT2D eigenvalue weighted by molar-refractivity contribution is 8.25. The molecule has 1 aliphatic heterocycles. The number of allylic oxidation sites excluding steroid dienone is 1. The van der Waals surface area contributed by atoms with Crippen molar-refractivity contribution >= 4 is 125 Å². The third-order valence-electron chi connectivity index (χ3n) is 10.7. The third-order valence-corrected chi connectivity index (χ3v) is 16.9. The van der Waals surface area contributed by atoms with Crippen LogP contribution < -0.4 is 21.1 Å². The zero-order valence-electron chi connectivity index (χ0n) is 28.4. The predicted molar refractivity (Wildman–Crippen MR) is 232 cm³/mol. The second kappa shape index (κ2) is 11.8. The zero-order chi connectivity index (χ0) is 35.1. The summed E-state index contributed by atoms with van der Waals surface area (Å²) in [6.45, 7) is 0. The van der Waals surface area contributed by atoms with Crippen LogP contribution >= 0.6 is 6.04 Å². The van der Waals surface area contributed by atoms with E-state index in [9.17, 15) is 0 Å². The first kappa shape index (κ1) is 30.8. The topological polar surface area (TPSA) is 30.2 Å². The molecule has 247 valence electrons. The Kier molecular flexibility index (Phi) is 6.87. The Bertz CT molecular complexity index is 3260. The van der Waals surface area contributed by atoms with Gasteiger partial charge in [0.1, 0.15) is 5.65 Å². The van der Waals surface area contributed by atoms with Crippen LogP contribution in [-0.4, -0.2) is 29.2 Å². The summed E-state index contributed by atoms with van der Waals surface area (Å²) >= 11 is 6.93. The van der Waals surface area contributed by atoms with Crippen molar-refractivity contribution in [3.63, 3.8) is 0 Å². The predicted octanol–water partition coefficient (Wildman–Crippen LogP) is 8.94. The summed E-state index contributed by atoms with van der Waals surface area (Å²) in [5.74, 6) is 0. The Balaban J connectivity index is 1.07. The highest BCUT2D eigenvalue weighted by Gasteiger charge is 2.28. The molecule has 0 bridgehead atoms. The molecule has 7 aromatic carbocycles. The number of hydrogen-bond donors (Lipinski definition) is 0. The fourth-order valence-electron chi connectivity index (χ4n) is 8.28. The van der Waals surface area contributed by atoms with Crippen LogP contribution in [0.4, 0.5) is 0 Å². The maximum Gasteiger partial charge on any atom is 0.146 e. The van der Waals surface area contributed by atoms with Crippen molar-refractivity contribution in [1.29, 1.82) is 0 Å². The van der Waals surface area contributed by atoms with Crippen LogP contribution in [0, 0.1) is 0 Å². The van der Waals surface area contributed by atoms with E-state index in [2.05, 4.69) is 174 Å². The van der Waals surface area contributed by atoms with E-state index in [0.29, 0.717) is 9.13 Å². The second-order valence-electron chi connectivity index (χ2n) is 13.6. The van der Waals surface area contributed by atoms with Gasteiger partial charge in [-0.05, 0) is 85.0 Å². The lowest BCUT2D eigenvalue weighted by Gasteiger charge is -2.26. The number of hydrogen-bond acceptors (Lipinski definition) is 3. The fraction of sp³-hybridized carbons (Fsp3) is 0. The molecule has 0 spiro atoms. The number of aromatic nitrogens is 3. The van der Waals surface area contributed by atoms with Crippen molar-refractivity contribution in [2.24, 2.45) is 0 Å². The summed E-state index contributed by atoms with van der Waals surface area (Å²) in [5.41, 5.74) is 10.1. The maximum atomic E-state index is 6.93. The van der Waals surface area contributed by atoms with Gasteiger partial charge in [0.05, 0.1) is 31.4 Å². The van der Waals surface area contributed by atoms with Crippen molar-refractivity contribution in [1.82, 2.24) is 14.4 Å². The molecule has 1 unspecified atom stereocenters. The Morgan fingerprint density at radius 2 is 1.28 bits per heavy atom. The first-order chi connectivity index (χ1) is 26.2. The SMILES string of the molecule is S=P(c1ccccc1)(c1ccc(C2=Cc3ccc4c5ccccc5c5nc6ccccc6n5c4c3[Si]=C2)nc1)c1cc2ccccc2c2ccccc12. The lowest BCUT2D eigenvalue weighted by Crippen LogP contribution is -2.26. The number of fused-ring (bicyclic) bond motifs is 13. The average molecular weight is 727 g/mol. The minimum absolute atomic E-state index is 0.476. The van der Waals surface area contributed by atoms with Gasteiger partial charge in [-0.15, -0.1) is 0 Å². The molecule has 1 aliphatic rings. The van der Waals surface area contributed by atoms with Gasteiger partial charge in [-0.1, -0.05) is 145 Å². The normalized spacial score (nSPS) is 13.9. The van der Waals surface area contributed by atoms with Crippen molar-refractivity contribution in [2.75, 3.05) is 0 Å². The van der Waals surface area contributed by atoms with Crippen molar-refractivity contribution in [2.45, 2.75) is 0 Å². The molecule has 53 heavy (non-hydrogen) atoms.